The number of aliphatic carboxylic acids is 2. The topological polar surface area (TPSA) is 107 Å². The average molecular weight is 551 g/mol. The van der Waals surface area contributed by atoms with E-state index in [1.165, 1.54) is 27.2 Å². The van der Waals surface area contributed by atoms with Gasteiger partial charge in [-0.25, -0.2) is 19.6 Å². The molecule has 2 N–H and O–H groups in total. The lowest BCUT2D eigenvalue weighted by atomic mass is 9.94. The second-order valence-electron chi connectivity index (χ2n) is 8.55. The molecule has 10 heteroatoms. The third kappa shape index (κ3) is 7.44. The van der Waals surface area contributed by atoms with Crippen molar-refractivity contribution >= 4 is 46.8 Å². The molecule has 2 aliphatic rings. The predicted octanol–water partition coefficient (Wildman–Crippen LogP) is 4.70. The van der Waals surface area contributed by atoms with E-state index in [4.69, 9.17) is 21.8 Å². The lowest BCUT2D eigenvalue weighted by molar-refractivity contribution is -0.134. The molecular weight excluding hydrogens is 524 g/mol. The highest BCUT2D eigenvalue weighted by molar-refractivity contribution is 7.98. The van der Waals surface area contributed by atoms with Crippen LogP contribution in [0.1, 0.15) is 16.7 Å². The summed E-state index contributed by atoms with van der Waals surface area (Å²) >= 11 is 8.27. The van der Waals surface area contributed by atoms with E-state index in [9.17, 15) is 9.59 Å². The number of carboxylic acid groups (broad SMARTS) is 2. The van der Waals surface area contributed by atoms with E-state index in [0.29, 0.717) is 12.2 Å². The monoisotopic (exact) mass is 550 g/mol. The van der Waals surface area contributed by atoms with Gasteiger partial charge >= 0.3 is 11.9 Å². The van der Waals surface area contributed by atoms with E-state index in [0.717, 1.165) is 49.4 Å². The Morgan fingerprint density at radius 3 is 2.29 bits per heavy atom. The number of hydrogen-bond acceptors (Lipinski definition) is 7. The van der Waals surface area contributed by atoms with Gasteiger partial charge in [-0.3, -0.25) is 4.90 Å². The van der Waals surface area contributed by atoms with Crippen molar-refractivity contribution in [1.29, 1.82) is 0 Å². The normalized spacial score (nSPS) is 16.2. The molecule has 2 aliphatic heterocycles. The number of piperazine rings is 1. The van der Waals surface area contributed by atoms with Crippen LogP contribution in [-0.2, 0) is 15.3 Å². The molecule has 0 amide bonds. The Morgan fingerprint density at radius 1 is 0.921 bits per heavy atom. The van der Waals surface area contributed by atoms with Crippen molar-refractivity contribution in [1.82, 2.24) is 14.9 Å². The van der Waals surface area contributed by atoms with Gasteiger partial charge in [-0.1, -0.05) is 41.9 Å². The van der Waals surface area contributed by atoms with E-state index >= 15 is 0 Å². The first-order valence-electron chi connectivity index (χ1n) is 12.0. The fourth-order valence-corrected chi connectivity index (χ4v) is 5.44. The van der Waals surface area contributed by atoms with Crippen LogP contribution in [0.5, 0.6) is 0 Å². The lowest BCUT2D eigenvalue weighted by Crippen LogP contribution is -2.47. The number of halogens is 1. The molecule has 0 unspecified atom stereocenters. The number of carbonyl (C=O) groups is 2. The van der Waals surface area contributed by atoms with Crippen LogP contribution in [0.3, 0.4) is 0 Å². The number of aromatic nitrogens is 2. The standard InChI is InChI=1S/C24H23ClN4S.C4H4O4/c25-19-6-7-23-22(16-19)21(20-5-2-1-4-18(20)17-30-23)8-11-28-12-14-29(15-13-28)24-26-9-3-10-27-24;5-3(6)1-2-4(7)8/h1-10,16H,11-15,17H2;1-2H,(H,5,6)(H,7,8)/b21-8-;2-1-. The maximum absolute atomic E-state index is 9.55. The van der Waals surface area contributed by atoms with E-state index < -0.39 is 11.9 Å². The number of benzene rings is 2. The summed E-state index contributed by atoms with van der Waals surface area (Å²) in [5, 5.41) is 16.4. The third-order valence-corrected chi connectivity index (χ3v) is 7.41. The summed E-state index contributed by atoms with van der Waals surface area (Å²) in [6, 6.07) is 16.9. The quantitative estimate of drug-likeness (QED) is 0.437. The van der Waals surface area contributed by atoms with Crippen molar-refractivity contribution in [3.05, 3.63) is 101 Å². The van der Waals surface area contributed by atoms with Gasteiger partial charge in [0.15, 0.2) is 0 Å². The second-order valence-corrected chi connectivity index (χ2v) is 10.0. The van der Waals surface area contributed by atoms with Crippen molar-refractivity contribution in [2.24, 2.45) is 0 Å². The Labute approximate surface area is 230 Å². The van der Waals surface area contributed by atoms with Gasteiger partial charge < -0.3 is 15.1 Å². The molecule has 0 saturated carbocycles. The molecule has 3 aromatic rings. The summed E-state index contributed by atoms with van der Waals surface area (Å²) in [5.41, 5.74) is 5.24. The number of nitrogens with zero attached hydrogens (tertiary/aromatic N) is 4. The first kappa shape index (κ1) is 27.4. The van der Waals surface area contributed by atoms with Gasteiger partial charge in [0.2, 0.25) is 5.95 Å². The number of anilines is 1. The first-order valence-corrected chi connectivity index (χ1v) is 13.4. The van der Waals surface area contributed by atoms with Crippen molar-refractivity contribution in [3.63, 3.8) is 0 Å². The maximum atomic E-state index is 9.55. The van der Waals surface area contributed by atoms with Gasteiger partial charge in [0, 0.05) is 72.9 Å². The average Bonchev–Trinajstić information content (AvgIpc) is 3.08. The Hall–Kier alpha value is -3.66. The minimum atomic E-state index is -1.26. The van der Waals surface area contributed by atoms with Crippen LogP contribution in [0.4, 0.5) is 5.95 Å². The van der Waals surface area contributed by atoms with Gasteiger partial charge in [-0.15, -0.1) is 11.8 Å². The summed E-state index contributed by atoms with van der Waals surface area (Å²) in [6.07, 6.45) is 7.12. The smallest absolute Gasteiger partial charge is 0.328 e. The Morgan fingerprint density at radius 2 is 1.61 bits per heavy atom. The Bertz CT molecular complexity index is 1330. The van der Waals surface area contributed by atoms with Crippen LogP contribution in [0, 0.1) is 0 Å². The molecule has 1 fully saturated rings. The predicted molar refractivity (Wildman–Crippen MR) is 150 cm³/mol. The number of fused-ring (bicyclic) bond motifs is 2. The fraction of sp³-hybridized carbons (Fsp3) is 0.214. The lowest BCUT2D eigenvalue weighted by Gasteiger charge is -2.34. The van der Waals surface area contributed by atoms with E-state index in [1.54, 1.807) is 0 Å². The van der Waals surface area contributed by atoms with Gasteiger partial charge in [0.1, 0.15) is 0 Å². The molecule has 8 nitrogen and oxygen atoms in total. The largest absolute Gasteiger partial charge is 0.478 e. The molecule has 0 atom stereocenters. The van der Waals surface area contributed by atoms with E-state index in [-0.39, 0.29) is 0 Å². The summed E-state index contributed by atoms with van der Waals surface area (Å²) < 4.78 is 0. The zero-order valence-electron chi connectivity index (χ0n) is 20.5. The second kappa shape index (κ2) is 13.2. The molecule has 5 rings (SSSR count). The number of rotatable bonds is 5. The van der Waals surface area contributed by atoms with Crippen LogP contribution in [-0.4, -0.2) is 69.7 Å². The van der Waals surface area contributed by atoms with Crippen LogP contribution in [0.2, 0.25) is 5.02 Å². The van der Waals surface area contributed by atoms with Crippen LogP contribution in [0.25, 0.3) is 5.57 Å². The third-order valence-electron chi connectivity index (χ3n) is 6.05. The molecule has 0 aliphatic carbocycles. The zero-order chi connectivity index (χ0) is 26.9. The SMILES string of the molecule is Clc1ccc2c(c1)/C(=C\CN1CCN(c3ncccn3)CC1)c1ccccc1CS2.O=C(O)/C=C\C(=O)O. The fourth-order valence-electron chi connectivity index (χ4n) is 4.22. The Kier molecular flexibility index (Phi) is 9.53. The Balaban J connectivity index is 0.000000368. The molecule has 38 heavy (non-hydrogen) atoms. The number of thioether (sulfide) groups is 1. The first-order chi connectivity index (χ1) is 18.4. The molecule has 2 aromatic carbocycles. The van der Waals surface area contributed by atoms with Crippen LogP contribution >= 0.6 is 23.4 Å². The summed E-state index contributed by atoms with van der Waals surface area (Å²) in [4.78, 5) is 33.9. The van der Waals surface area contributed by atoms with Gasteiger partial charge in [0.25, 0.3) is 0 Å². The van der Waals surface area contributed by atoms with Crippen LogP contribution in [0.15, 0.2) is 84.0 Å². The summed E-state index contributed by atoms with van der Waals surface area (Å²) in [6.45, 7) is 4.82. The highest BCUT2D eigenvalue weighted by Gasteiger charge is 2.21. The summed E-state index contributed by atoms with van der Waals surface area (Å²) in [7, 11) is 0. The highest BCUT2D eigenvalue weighted by Crippen LogP contribution is 2.41. The van der Waals surface area contributed by atoms with Gasteiger partial charge in [-0.2, -0.15) is 0 Å². The minimum absolute atomic E-state index is 0.558. The maximum Gasteiger partial charge on any atom is 0.328 e. The van der Waals surface area contributed by atoms with Gasteiger partial charge in [-0.05, 0) is 46.5 Å². The van der Waals surface area contributed by atoms with Crippen molar-refractivity contribution < 1.29 is 19.8 Å². The van der Waals surface area contributed by atoms with E-state index in [2.05, 4.69) is 62.2 Å². The van der Waals surface area contributed by atoms with Crippen molar-refractivity contribution in [2.75, 3.05) is 37.6 Å². The summed E-state index contributed by atoms with van der Waals surface area (Å²) in [5.74, 6) is -0.702. The molecule has 0 radical (unpaired) electrons. The minimum Gasteiger partial charge on any atom is -0.478 e. The molecule has 196 valence electrons. The number of hydrogen-bond donors (Lipinski definition) is 2. The van der Waals surface area contributed by atoms with E-state index in [1.807, 2.05) is 36.3 Å². The molecule has 0 bridgehead atoms. The van der Waals surface area contributed by atoms with Gasteiger partial charge in [0.05, 0.1) is 0 Å². The molecule has 1 aromatic heterocycles. The molecular formula is C28H27ClN4O4S. The molecule has 3 heterocycles. The van der Waals surface area contributed by atoms with Crippen molar-refractivity contribution in [2.45, 2.75) is 10.6 Å². The molecule has 0 spiro atoms. The van der Waals surface area contributed by atoms with Crippen LogP contribution < -0.4 is 4.90 Å². The molecule has 1 saturated heterocycles. The highest BCUT2D eigenvalue weighted by atomic mass is 35.5. The zero-order valence-corrected chi connectivity index (χ0v) is 22.1. The number of carboxylic acids is 2. The van der Waals surface area contributed by atoms with Crippen molar-refractivity contribution in [3.8, 4) is 0 Å².